The van der Waals surface area contributed by atoms with Crippen LogP contribution in [0.15, 0.2) is 66.9 Å². The molecule has 2 aromatic carbocycles. The highest BCUT2D eigenvalue weighted by molar-refractivity contribution is 6.12. The van der Waals surface area contributed by atoms with E-state index in [0.717, 1.165) is 40.8 Å². The van der Waals surface area contributed by atoms with E-state index in [1.165, 1.54) is 0 Å². The number of ether oxygens (including phenoxy) is 2. The van der Waals surface area contributed by atoms with Crippen molar-refractivity contribution >= 4 is 23.9 Å². The largest absolute Gasteiger partial charge is 0.448 e. The number of carbonyl (C=O) groups excluding carboxylic acids is 4. The molecule has 16 heteroatoms. The topological polar surface area (TPSA) is 147 Å². The summed E-state index contributed by atoms with van der Waals surface area (Å²) in [6.45, 7) is 1.33. The molecule has 2 saturated heterocycles. The maximum atomic E-state index is 15.2. The lowest BCUT2D eigenvalue weighted by Gasteiger charge is -2.39. The van der Waals surface area contributed by atoms with E-state index in [0.29, 0.717) is 45.0 Å². The van der Waals surface area contributed by atoms with Gasteiger partial charge in [-0.3, -0.25) is 14.5 Å². The number of imide groups is 1. The number of rotatable bonds is 14. The number of alkyl halides is 1. The van der Waals surface area contributed by atoms with E-state index in [-0.39, 0.29) is 56.5 Å². The summed E-state index contributed by atoms with van der Waals surface area (Å²) in [6, 6.07) is 11.4. The van der Waals surface area contributed by atoms with Gasteiger partial charge in [0.1, 0.15) is 30.2 Å². The van der Waals surface area contributed by atoms with Crippen LogP contribution >= 0.6 is 0 Å². The van der Waals surface area contributed by atoms with Gasteiger partial charge in [0, 0.05) is 82.3 Å². The van der Waals surface area contributed by atoms with Gasteiger partial charge in [-0.05, 0) is 42.5 Å². The Kier molecular flexibility index (Phi) is 12.4. The van der Waals surface area contributed by atoms with Gasteiger partial charge < -0.3 is 34.9 Å². The summed E-state index contributed by atoms with van der Waals surface area (Å²) in [7, 11) is 0. The molecule has 0 aliphatic carbocycles. The molecule has 0 radical (unpaired) electrons. The van der Waals surface area contributed by atoms with Gasteiger partial charge in [0.05, 0.1) is 18.3 Å². The van der Waals surface area contributed by atoms with E-state index in [2.05, 4.69) is 16.0 Å². The van der Waals surface area contributed by atoms with Crippen LogP contribution in [0.4, 0.5) is 22.8 Å². The Morgan fingerprint density at radius 2 is 1.77 bits per heavy atom. The zero-order valence-corrected chi connectivity index (χ0v) is 29.0. The number of hydrogen-bond acceptors (Lipinski definition) is 8. The Balaban J connectivity index is 1.25. The average molecular weight is 738 g/mol. The molecule has 3 N–H and O–H groups in total. The van der Waals surface area contributed by atoms with Crippen molar-refractivity contribution in [3.63, 3.8) is 0 Å². The van der Waals surface area contributed by atoms with E-state index in [9.17, 15) is 23.6 Å². The van der Waals surface area contributed by atoms with Gasteiger partial charge in [0.25, 0.3) is 11.8 Å². The number of nitrogens with zero attached hydrogens (tertiary/aromatic N) is 4. The lowest BCUT2D eigenvalue weighted by molar-refractivity contribution is -0.136. The Labute approximate surface area is 304 Å². The Morgan fingerprint density at radius 3 is 2.49 bits per heavy atom. The third-order valence-electron chi connectivity index (χ3n) is 9.59. The number of halogens is 3. The van der Waals surface area contributed by atoms with E-state index in [1.807, 2.05) is 34.9 Å². The van der Waals surface area contributed by atoms with Crippen molar-refractivity contribution in [1.82, 2.24) is 35.3 Å². The number of benzene rings is 2. The van der Waals surface area contributed by atoms with Crippen molar-refractivity contribution in [3.05, 3.63) is 89.9 Å². The zero-order valence-electron chi connectivity index (χ0n) is 29.0. The van der Waals surface area contributed by atoms with Gasteiger partial charge in [-0.2, -0.15) is 0 Å². The number of nitrogens with one attached hydrogen (secondary N) is 3. The summed E-state index contributed by atoms with van der Waals surface area (Å²) >= 11 is 0. The van der Waals surface area contributed by atoms with Crippen molar-refractivity contribution in [3.8, 4) is 11.3 Å². The fourth-order valence-electron chi connectivity index (χ4n) is 6.86. The van der Waals surface area contributed by atoms with Crippen LogP contribution in [0.3, 0.4) is 0 Å². The average Bonchev–Trinajstić information content (AvgIpc) is 3.86. The minimum absolute atomic E-state index is 0.0218. The van der Waals surface area contributed by atoms with Crippen molar-refractivity contribution < 1.29 is 41.8 Å². The first kappa shape index (κ1) is 37.5. The molecule has 13 nitrogen and oxygen atoms in total. The summed E-state index contributed by atoms with van der Waals surface area (Å²) < 4.78 is 57.5. The van der Waals surface area contributed by atoms with E-state index in [1.54, 1.807) is 11.1 Å². The summed E-state index contributed by atoms with van der Waals surface area (Å²) in [6.07, 6.45) is 3.05. The van der Waals surface area contributed by atoms with Crippen LogP contribution < -0.4 is 16.0 Å². The van der Waals surface area contributed by atoms with E-state index in [4.69, 9.17) is 14.5 Å². The molecule has 6 rings (SSSR count). The number of amides is 5. The Hall–Kier alpha value is -5.22. The molecule has 0 spiro atoms. The monoisotopic (exact) mass is 737 g/mol. The molecule has 0 saturated carbocycles. The second-order valence-electron chi connectivity index (χ2n) is 13.2. The van der Waals surface area contributed by atoms with Crippen LogP contribution in [0.5, 0.6) is 0 Å². The number of carbonyl (C=O) groups is 4. The fraction of sp³-hybridized carbons (Fsp3) is 0.432. The molecule has 5 amide bonds. The highest BCUT2D eigenvalue weighted by atomic mass is 19.1. The van der Waals surface area contributed by atoms with Crippen molar-refractivity contribution in [2.45, 2.75) is 31.6 Å². The third-order valence-corrected chi connectivity index (χ3v) is 9.59. The van der Waals surface area contributed by atoms with Gasteiger partial charge in [-0.1, -0.05) is 30.3 Å². The molecule has 3 aromatic rings. The standard InChI is InChI=1S/C37H42F3N7O6/c38-27-6-7-29(39)28(18-27)31-23-45(21-24-4-2-1-3-5-24)35(44-31)34(25-10-15-52-16-11-25)47(22-26-19-41-20-30(26)40)36(50)42-13-17-53-37(51)43-12-14-46-32(48)8-9-33(46)49/h1-9,18,23,25-26,30,34,41H,10-17,19-22H2,(H,42,50)(H,43,51)/t26-,30-,34+/m0/s1. The fourth-order valence-corrected chi connectivity index (χ4v) is 6.86. The van der Waals surface area contributed by atoms with Gasteiger partial charge in [0.2, 0.25) is 0 Å². The van der Waals surface area contributed by atoms with Gasteiger partial charge in [0.15, 0.2) is 0 Å². The van der Waals surface area contributed by atoms with Crippen LogP contribution in [0.1, 0.15) is 30.3 Å². The van der Waals surface area contributed by atoms with Crippen molar-refractivity contribution in [1.29, 1.82) is 0 Å². The zero-order chi connectivity index (χ0) is 37.3. The van der Waals surface area contributed by atoms with Crippen molar-refractivity contribution in [2.75, 3.05) is 59.1 Å². The minimum Gasteiger partial charge on any atom is -0.448 e. The van der Waals surface area contributed by atoms with Crippen LogP contribution in [-0.2, 0) is 25.6 Å². The van der Waals surface area contributed by atoms with E-state index >= 15 is 8.78 Å². The molecule has 3 atom stereocenters. The quantitative estimate of drug-likeness (QED) is 0.168. The molecule has 1 aromatic heterocycles. The summed E-state index contributed by atoms with van der Waals surface area (Å²) in [5.41, 5.74) is 1.06. The maximum Gasteiger partial charge on any atom is 0.407 e. The second-order valence-corrected chi connectivity index (χ2v) is 13.2. The third kappa shape index (κ3) is 9.42. The summed E-state index contributed by atoms with van der Waals surface area (Å²) in [5, 5.41) is 8.33. The number of imidazole rings is 1. The Bertz CT molecular complexity index is 1780. The minimum atomic E-state index is -1.21. The summed E-state index contributed by atoms with van der Waals surface area (Å²) in [4.78, 5) is 57.4. The normalized spacial score (nSPS) is 19.4. The molecular formula is C37H42F3N7O6. The Morgan fingerprint density at radius 1 is 1.02 bits per heavy atom. The first-order valence-corrected chi connectivity index (χ1v) is 17.7. The predicted octanol–water partition coefficient (Wildman–Crippen LogP) is 3.56. The number of hydrogen-bond donors (Lipinski definition) is 3. The number of alkyl carbamates (subject to hydrolysis) is 1. The molecule has 4 heterocycles. The maximum absolute atomic E-state index is 15.2. The lowest BCUT2D eigenvalue weighted by Crippen LogP contribution is -2.50. The highest BCUT2D eigenvalue weighted by Crippen LogP contribution is 2.38. The molecule has 0 unspecified atom stereocenters. The van der Waals surface area contributed by atoms with Gasteiger partial charge in [-0.25, -0.2) is 27.7 Å². The lowest BCUT2D eigenvalue weighted by atomic mass is 9.89. The number of aromatic nitrogens is 2. The van der Waals surface area contributed by atoms with Gasteiger partial charge in [-0.15, -0.1) is 0 Å². The first-order valence-electron chi connectivity index (χ1n) is 17.7. The number of urea groups is 1. The van der Waals surface area contributed by atoms with Gasteiger partial charge >= 0.3 is 12.1 Å². The SMILES string of the molecule is O=C(NCCN1C(=O)C=CC1=O)OCCNC(=O)N(C[C@@H]1CNC[C@@H]1F)[C@@H](c1nc(-c2cc(F)ccc2F)cn1Cc1ccccc1)C1CCOCC1. The van der Waals surface area contributed by atoms with E-state index < -0.39 is 53.7 Å². The van der Waals surface area contributed by atoms with Crippen molar-refractivity contribution in [2.24, 2.45) is 11.8 Å². The second kappa shape index (κ2) is 17.5. The molecule has 2 fully saturated rings. The van der Waals surface area contributed by atoms with Crippen LogP contribution in [-0.4, -0.2) is 109 Å². The molecule has 282 valence electrons. The predicted molar refractivity (Wildman–Crippen MR) is 186 cm³/mol. The highest BCUT2D eigenvalue weighted by Gasteiger charge is 2.40. The molecule has 3 aliphatic heterocycles. The molecule has 53 heavy (non-hydrogen) atoms. The smallest absolute Gasteiger partial charge is 0.407 e. The first-order chi connectivity index (χ1) is 25.7. The molecular weight excluding hydrogens is 695 g/mol. The van der Waals surface area contributed by atoms with Crippen LogP contribution in [0, 0.1) is 23.5 Å². The summed E-state index contributed by atoms with van der Waals surface area (Å²) in [5.74, 6) is -2.52. The van der Waals surface area contributed by atoms with Crippen LogP contribution in [0.2, 0.25) is 0 Å². The van der Waals surface area contributed by atoms with Crippen LogP contribution in [0.25, 0.3) is 11.3 Å². The molecule has 3 aliphatic rings. The molecule has 0 bridgehead atoms.